The Kier molecular flexibility index (Phi) is 5.72. The van der Waals surface area contributed by atoms with Gasteiger partial charge in [0.1, 0.15) is 29.9 Å². The van der Waals surface area contributed by atoms with Gasteiger partial charge in [0.05, 0.1) is 25.3 Å². The van der Waals surface area contributed by atoms with Gasteiger partial charge in [-0.3, -0.25) is 5.10 Å². The number of rotatable bonds is 5. The maximum atomic E-state index is 5.99. The van der Waals surface area contributed by atoms with E-state index in [2.05, 4.69) is 49.2 Å². The molecule has 9 nitrogen and oxygen atoms in total. The molecule has 28 heavy (non-hydrogen) atoms. The molecule has 2 aliphatic rings. The second-order valence-corrected chi connectivity index (χ2v) is 7.82. The number of aromatic amines is 1. The van der Waals surface area contributed by atoms with Crippen molar-refractivity contribution in [3.8, 4) is 0 Å². The summed E-state index contributed by atoms with van der Waals surface area (Å²) in [4.78, 5) is 15.5. The summed E-state index contributed by atoms with van der Waals surface area (Å²) in [6.45, 7) is 9.18. The van der Waals surface area contributed by atoms with E-state index in [4.69, 9.17) is 9.47 Å². The van der Waals surface area contributed by atoms with Gasteiger partial charge in [-0.25, -0.2) is 15.0 Å². The van der Waals surface area contributed by atoms with Crippen LogP contribution in [0.15, 0.2) is 12.4 Å². The average Bonchev–Trinajstić information content (AvgIpc) is 3.15. The Labute approximate surface area is 165 Å². The van der Waals surface area contributed by atoms with Gasteiger partial charge in [0.25, 0.3) is 0 Å². The molecule has 0 amide bonds. The zero-order valence-electron chi connectivity index (χ0n) is 16.8. The Morgan fingerprint density at radius 3 is 2.93 bits per heavy atom. The lowest BCUT2D eigenvalue weighted by Gasteiger charge is -2.35. The largest absolute Gasteiger partial charge is 0.376 e. The monoisotopic (exact) mass is 387 g/mol. The molecule has 2 aromatic heterocycles. The third kappa shape index (κ3) is 4.25. The third-order valence-electron chi connectivity index (χ3n) is 5.30. The Hall–Kier alpha value is -2.26. The predicted octanol–water partition coefficient (Wildman–Crippen LogP) is 2.10. The van der Waals surface area contributed by atoms with Crippen molar-refractivity contribution in [1.82, 2.24) is 25.1 Å². The smallest absolute Gasteiger partial charge is 0.181 e. The SMILES string of the molecule is Cc1nc([C@@H]2CN(c3cc(N[C@H]4CCCO[C@@H]4C(C)C)ncn3)CCO2)n[nH]1. The minimum Gasteiger partial charge on any atom is -0.376 e. The molecule has 0 saturated carbocycles. The molecule has 2 aromatic rings. The number of morpholine rings is 1. The van der Waals surface area contributed by atoms with Crippen molar-refractivity contribution in [2.45, 2.75) is 51.9 Å². The zero-order valence-corrected chi connectivity index (χ0v) is 16.8. The van der Waals surface area contributed by atoms with Gasteiger partial charge >= 0.3 is 0 Å². The molecular formula is C19H29N7O2. The summed E-state index contributed by atoms with van der Waals surface area (Å²) in [5.41, 5.74) is 0. The number of hydrogen-bond donors (Lipinski definition) is 2. The van der Waals surface area contributed by atoms with E-state index in [0.717, 1.165) is 43.5 Å². The molecule has 0 spiro atoms. The molecule has 0 bridgehead atoms. The maximum Gasteiger partial charge on any atom is 0.181 e. The molecule has 0 radical (unpaired) electrons. The second-order valence-electron chi connectivity index (χ2n) is 7.82. The topological polar surface area (TPSA) is 101 Å². The molecule has 152 valence electrons. The van der Waals surface area contributed by atoms with Gasteiger partial charge < -0.3 is 19.7 Å². The summed E-state index contributed by atoms with van der Waals surface area (Å²) in [6, 6.07) is 2.28. The first kappa shape index (κ1) is 19.1. The Bertz CT molecular complexity index is 781. The van der Waals surface area contributed by atoms with Gasteiger partial charge in [-0.1, -0.05) is 13.8 Å². The van der Waals surface area contributed by atoms with E-state index in [1.807, 2.05) is 13.0 Å². The molecule has 2 aliphatic heterocycles. The van der Waals surface area contributed by atoms with E-state index in [1.54, 1.807) is 6.33 Å². The van der Waals surface area contributed by atoms with Gasteiger partial charge in [-0.2, -0.15) is 5.10 Å². The van der Waals surface area contributed by atoms with Gasteiger partial charge in [0.2, 0.25) is 0 Å². The van der Waals surface area contributed by atoms with E-state index >= 15 is 0 Å². The molecule has 4 rings (SSSR count). The Morgan fingerprint density at radius 1 is 1.25 bits per heavy atom. The van der Waals surface area contributed by atoms with Crippen molar-refractivity contribution >= 4 is 11.6 Å². The van der Waals surface area contributed by atoms with Crippen molar-refractivity contribution in [3.05, 3.63) is 24.0 Å². The van der Waals surface area contributed by atoms with Gasteiger partial charge in [0, 0.05) is 19.2 Å². The lowest BCUT2D eigenvalue weighted by atomic mass is 9.94. The van der Waals surface area contributed by atoms with Crippen LogP contribution in [0.3, 0.4) is 0 Å². The summed E-state index contributed by atoms with van der Waals surface area (Å²) in [6.07, 6.45) is 3.81. The molecule has 2 saturated heterocycles. The summed E-state index contributed by atoms with van der Waals surface area (Å²) in [5.74, 6) is 3.66. The fraction of sp³-hybridized carbons (Fsp3) is 0.684. The first-order chi connectivity index (χ1) is 13.6. The number of aromatic nitrogens is 5. The standard InChI is InChI=1S/C19H29N7O2/c1-12(2)18-14(5-4-7-28-18)23-16-9-17(21-11-20-16)26-6-8-27-15(10-26)19-22-13(3)24-25-19/h9,11-12,14-15,18H,4-8,10H2,1-3H3,(H,20,21,23)(H,22,24,25)/t14-,15-,18+/m0/s1. The molecule has 4 heterocycles. The van der Waals surface area contributed by atoms with Gasteiger partial charge in [-0.15, -0.1) is 0 Å². The van der Waals surface area contributed by atoms with Crippen LogP contribution < -0.4 is 10.2 Å². The fourth-order valence-electron chi connectivity index (χ4n) is 3.92. The Morgan fingerprint density at radius 2 is 2.14 bits per heavy atom. The molecule has 2 N–H and O–H groups in total. The highest BCUT2D eigenvalue weighted by Crippen LogP contribution is 2.26. The predicted molar refractivity (Wildman–Crippen MR) is 105 cm³/mol. The number of anilines is 2. The van der Waals surface area contributed by atoms with E-state index in [1.165, 1.54) is 0 Å². The number of ether oxygens (including phenoxy) is 2. The molecule has 0 aliphatic carbocycles. The van der Waals surface area contributed by atoms with Crippen LogP contribution in [0.2, 0.25) is 0 Å². The first-order valence-electron chi connectivity index (χ1n) is 10.1. The number of nitrogens with zero attached hydrogens (tertiary/aromatic N) is 5. The van der Waals surface area contributed by atoms with E-state index in [-0.39, 0.29) is 18.2 Å². The van der Waals surface area contributed by atoms with Crippen LogP contribution in [0.25, 0.3) is 0 Å². The highest BCUT2D eigenvalue weighted by Gasteiger charge is 2.29. The maximum absolute atomic E-state index is 5.99. The molecule has 3 atom stereocenters. The summed E-state index contributed by atoms with van der Waals surface area (Å²) in [5, 5.41) is 10.7. The van der Waals surface area contributed by atoms with Gasteiger partial charge in [-0.05, 0) is 25.7 Å². The van der Waals surface area contributed by atoms with E-state index in [0.29, 0.717) is 24.9 Å². The van der Waals surface area contributed by atoms with Crippen LogP contribution in [0.4, 0.5) is 11.6 Å². The minimum atomic E-state index is -0.165. The number of hydrogen-bond acceptors (Lipinski definition) is 8. The molecular weight excluding hydrogens is 358 g/mol. The number of nitrogens with one attached hydrogen (secondary N) is 2. The summed E-state index contributed by atoms with van der Waals surface area (Å²) in [7, 11) is 0. The highest BCUT2D eigenvalue weighted by atomic mass is 16.5. The number of H-pyrrole nitrogens is 1. The van der Waals surface area contributed by atoms with Crippen LogP contribution >= 0.6 is 0 Å². The lowest BCUT2D eigenvalue weighted by molar-refractivity contribution is -0.0203. The molecule has 0 unspecified atom stereocenters. The quantitative estimate of drug-likeness (QED) is 0.804. The fourth-order valence-corrected chi connectivity index (χ4v) is 3.92. The molecule has 9 heteroatoms. The lowest BCUT2D eigenvalue weighted by Crippen LogP contribution is -2.43. The van der Waals surface area contributed by atoms with Crippen LogP contribution in [-0.2, 0) is 9.47 Å². The van der Waals surface area contributed by atoms with Crippen molar-refractivity contribution in [1.29, 1.82) is 0 Å². The van der Waals surface area contributed by atoms with Gasteiger partial charge in [0.15, 0.2) is 5.82 Å². The molecule has 0 aromatic carbocycles. The number of aryl methyl sites for hydroxylation is 1. The summed E-state index contributed by atoms with van der Waals surface area (Å²) >= 11 is 0. The third-order valence-corrected chi connectivity index (χ3v) is 5.30. The first-order valence-corrected chi connectivity index (χ1v) is 10.1. The van der Waals surface area contributed by atoms with E-state index < -0.39 is 0 Å². The normalized spacial score (nSPS) is 25.9. The van der Waals surface area contributed by atoms with Crippen LogP contribution in [0.5, 0.6) is 0 Å². The van der Waals surface area contributed by atoms with Crippen molar-refractivity contribution < 1.29 is 9.47 Å². The van der Waals surface area contributed by atoms with Crippen molar-refractivity contribution in [2.24, 2.45) is 5.92 Å². The van der Waals surface area contributed by atoms with E-state index in [9.17, 15) is 0 Å². The van der Waals surface area contributed by atoms with Crippen LogP contribution in [-0.4, -0.2) is 63.6 Å². The highest BCUT2D eigenvalue weighted by molar-refractivity contribution is 5.49. The van der Waals surface area contributed by atoms with Crippen LogP contribution in [0, 0.1) is 12.8 Å². The Balaban J connectivity index is 1.45. The van der Waals surface area contributed by atoms with Crippen molar-refractivity contribution in [2.75, 3.05) is 36.5 Å². The van der Waals surface area contributed by atoms with Crippen LogP contribution in [0.1, 0.15) is 44.4 Å². The molecule has 2 fully saturated rings. The second kappa shape index (κ2) is 8.40. The van der Waals surface area contributed by atoms with Crippen molar-refractivity contribution in [3.63, 3.8) is 0 Å². The minimum absolute atomic E-state index is 0.165. The average molecular weight is 387 g/mol. The zero-order chi connectivity index (χ0) is 19.5. The summed E-state index contributed by atoms with van der Waals surface area (Å²) < 4.78 is 11.8.